The molecule has 0 spiro atoms. The van der Waals surface area contributed by atoms with Crippen molar-refractivity contribution < 1.29 is 5.11 Å². The molecule has 0 unspecified atom stereocenters. The second-order valence-electron chi connectivity index (χ2n) is 4.26. The van der Waals surface area contributed by atoms with Crippen molar-refractivity contribution in [1.82, 2.24) is 0 Å². The molecule has 1 aliphatic carbocycles. The van der Waals surface area contributed by atoms with Gasteiger partial charge in [0.25, 0.3) is 0 Å². The summed E-state index contributed by atoms with van der Waals surface area (Å²) >= 11 is 3.89. The van der Waals surface area contributed by atoms with Crippen LogP contribution in [0.5, 0.6) is 0 Å². The summed E-state index contributed by atoms with van der Waals surface area (Å²) in [5, 5.41) is 9.54. The maximum absolute atomic E-state index is 8.65. The molecular formula is C14H18OS2. The highest BCUT2D eigenvalue weighted by atomic mass is 32.2. The normalized spacial score (nSPS) is 15.8. The summed E-state index contributed by atoms with van der Waals surface area (Å²) in [5.74, 6) is 7.19. The SMILES string of the molecule is OCCC#Cc1ccc(CSC2CCCC2)s1. The Morgan fingerprint density at radius 3 is 2.94 bits per heavy atom. The Bertz CT molecular complexity index is 394. The zero-order valence-electron chi connectivity index (χ0n) is 9.95. The van der Waals surface area contributed by atoms with Crippen LogP contribution in [0.4, 0.5) is 0 Å². The number of thiophene rings is 1. The van der Waals surface area contributed by atoms with Crippen LogP contribution in [0.15, 0.2) is 12.1 Å². The Labute approximate surface area is 112 Å². The van der Waals surface area contributed by atoms with Crippen molar-refractivity contribution in [3.05, 3.63) is 21.9 Å². The van der Waals surface area contributed by atoms with Gasteiger partial charge in [-0.2, -0.15) is 11.8 Å². The minimum atomic E-state index is 0.156. The summed E-state index contributed by atoms with van der Waals surface area (Å²) in [6.45, 7) is 0.156. The lowest BCUT2D eigenvalue weighted by molar-refractivity contribution is 0.305. The van der Waals surface area contributed by atoms with Crippen molar-refractivity contribution in [2.24, 2.45) is 0 Å². The summed E-state index contributed by atoms with van der Waals surface area (Å²) in [4.78, 5) is 2.55. The number of hydrogen-bond donors (Lipinski definition) is 1. The van der Waals surface area contributed by atoms with Gasteiger partial charge < -0.3 is 5.11 Å². The molecule has 0 amide bonds. The first-order valence-electron chi connectivity index (χ1n) is 6.18. The molecule has 1 aromatic heterocycles. The summed E-state index contributed by atoms with van der Waals surface area (Å²) in [6, 6.07) is 4.29. The lowest BCUT2D eigenvalue weighted by atomic mass is 10.4. The van der Waals surface area contributed by atoms with E-state index in [-0.39, 0.29) is 6.61 Å². The van der Waals surface area contributed by atoms with Crippen molar-refractivity contribution in [1.29, 1.82) is 0 Å². The molecule has 17 heavy (non-hydrogen) atoms. The van der Waals surface area contributed by atoms with E-state index in [1.807, 2.05) is 0 Å². The third-order valence-electron chi connectivity index (χ3n) is 2.87. The Morgan fingerprint density at radius 1 is 1.35 bits per heavy atom. The predicted molar refractivity (Wildman–Crippen MR) is 76.5 cm³/mol. The molecule has 1 heterocycles. The van der Waals surface area contributed by atoms with Gasteiger partial charge >= 0.3 is 0 Å². The molecule has 0 aliphatic heterocycles. The van der Waals surface area contributed by atoms with E-state index in [1.165, 1.54) is 30.6 Å². The van der Waals surface area contributed by atoms with Crippen LogP contribution in [0.3, 0.4) is 0 Å². The van der Waals surface area contributed by atoms with Crippen molar-refractivity contribution in [2.75, 3.05) is 6.61 Å². The first-order chi connectivity index (χ1) is 8.38. The molecule has 1 nitrogen and oxygen atoms in total. The zero-order valence-corrected chi connectivity index (χ0v) is 11.6. The predicted octanol–water partition coefficient (Wildman–Crippen LogP) is 3.66. The highest BCUT2D eigenvalue weighted by Crippen LogP contribution is 2.32. The fourth-order valence-electron chi connectivity index (χ4n) is 1.98. The van der Waals surface area contributed by atoms with Crippen molar-refractivity contribution in [2.45, 2.75) is 43.1 Å². The van der Waals surface area contributed by atoms with Crippen LogP contribution < -0.4 is 0 Å². The van der Waals surface area contributed by atoms with Gasteiger partial charge in [-0.3, -0.25) is 0 Å². The van der Waals surface area contributed by atoms with Crippen LogP contribution in [0.2, 0.25) is 0 Å². The van der Waals surface area contributed by atoms with Gasteiger partial charge in [-0.25, -0.2) is 0 Å². The minimum absolute atomic E-state index is 0.156. The van der Waals surface area contributed by atoms with Gasteiger partial charge in [0.15, 0.2) is 0 Å². The zero-order chi connectivity index (χ0) is 11.9. The van der Waals surface area contributed by atoms with E-state index >= 15 is 0 Å². The van der Waals surface area contributed by atoms with Gasteiger partial charge in [0.2, 0.25) is 0 Å². The fourth-order valence-corrected chi connectivity index (χ4v) is 4.26. The summed E-state index contributed by atoms with van der Waals surface area (Å²) in [7, 11) is 0. The Balaban J connectivity index is 1.79. The van der Waals surface area contributed by atoms with E-state index in [9.17, 15) is 0 Å². The lowest BCUT2D eigenvalue weighted by Crippen LogP contribution is -1.93. The Morgan fingerprint density at radius 2 is 2.18 bits per heavy atom. The van der Waals surface area contributed by atoms with Gasteiger partial charge in [0, 0.05) is 22.3 Å². The van der Waals surface area contributed by atoms with Crippen LogP contribution in [0, 0.1) is 11.8 Å². The molecule has 3 heteroatoms. The van der Waals surface area contributed by atoms with E-state index in [0.29, 0.717) is 6.42 Å². The van der Waals surface area contributed by atoms with Crippen molar-refractivity contribution >= 4 is 23.1 Å². The molecule has 1 fully saturated rings. The molecule has 0 bridgehead atoms. The average molecular weight is 266 g/mol. The first kappa shape index (κ1) is 13.0. The van der Waals surface area contributed by atoms with Gasteiger partial charge in [0.05, 0.1) is 11.5 Å². The molecule has 0 aromatic carbocycles. The number of aliphatic hydroxyl groups excluding tert-OH is 1. The molecule has 92 valence electrons. The maximum Gasteiger partial charge on any atom is 0.0771 e. The first-order valence-corrected chi connectivity index (χ1v) is 8.05. The highest BCUT2D eigenvalue weighted by Gasteiger charge is 2.15. The average Bonchev–Trinajstić information content (AvgIpc) is 2.98. The molecular weight excluding hydrogens is 248 g/mol. The largest absolute Gasteiger partial charge is 0.395 e. The van der Waals surface area contributed by atoms with Crippen LogP contribution in [-0.2, 0) is 5.75 Å². The summed E-state index contributed by atoms with van der Waals surface area (Å²) in [6.07, 6.45) is 6.21. The molecule has 1 aromatic rings. The monoisotopic (exact) mass is 266 g/mol. The maximum atomic E-state index is 8.65. The highest BCUT2D eigenvalue weighted by molar-refractivity contribution is 7.99. The topological polar surface area (TPSA) is 20.2 Å². The molecule has 1 aliphatic rings. The fraction of sp³-hybridized carbons (Fsp3) is 0.571. The minimum Gasteiger partial charge on any atom is -0.395 e. The Kier molecular flexibility index (Phi) is 5.44. The lowest BCUT2D eigenvalue weighted by Gasteiger charge is -2.06. The molecule has 0 atom stereocenters. The third-order valence-corrected chi connectivity index (χ3v) is 5.48. The van der Waals surface area contributed by atoms with Crippen LogP contribution >= 0.6 is 23.1 Å². The van der Waals surface area contributed by atoms with Gasteiger partial charge in [-0.1, -0.05) is 24.7 Å². The smallest absolute Gasteiger partial charge is 0.0771 e. The molecule has 2 rings (SSSR count). The standard InChI is InChI=1S/C14H18OS2/c15-10-4-3-7-13-8-9-14(17-13)11-16-12-5-1-2-6-12/h8-9,12,15H,1-2,4-6,10-11H2. The Hall–Kier alpha value is -0.430. The number of thioether (sulfide) groups is 1. The number of rotatable bonds is 4. The van der Waals surface area contributed by atoms with Crippen LogP contribution in [0.25, 0.3) is 0 Å². The number of hydrogen-bond acceptors (Lipinski definition) is 3. The molecule has 1 saturated carbocycles. The van der Waals surface area contributed by atoms with E-state index in [0.717, 1.165) is 15.9 Å². The number of aliphatic hydroxyl groups is 1. The molecule has 0 saturated heterocycles. The second kappa shape index (κ2) is 7.10. The van der Waals surface area contributed by atoms with E-state index in [1.54, 1.807) is 11.3 Å². The van der Waals surface area contributed by atoms with Gasteiger partial charge in [-0.05, 0) is 25.0 Å². The quantitative estimate of drug-likeness (QED) is 0.839. The van der Waals surface area contributed by atoms with E-state index < -0.39 is 0 Å². The third kappa shape index (κ3) is 4.39. The van der Waals surface area contributed by atoms with Crippen molar-refractivity contribution in [3.63, 3.8) is 0 Å². The van der Waals surface area contributed by atoms with Crippen molar-refractivity contribution in [3.8, 4) is 11.8 Å². The van der Waals surface area contributed by atoms with Gasteiger partial charge in [-0.15, -0.1) is 11.3 Å². The van der Waals surface area contributed by atoms with Crippen LogP contribution in [0.1, 0.15) is 41.9 Å². The van der Waals surface area contributed by atoms with E-state index in [4.69, 9.17) is 5.11 Å². The van der Waals surface area contributed by atoms with E-state index in [2.05, 4.69) is 35.7 Å². The molecule has 1 N–H and O–H groups in total. The molecule has 0 radical (unpaired) electrons. The summed E-state index contributed by atoms with van der Waals surface area (Å²) < 4.78 is 0. The second-order valence-corrected chi connectivity index (χ2v) is 6.72. The van der Waals surface area contributed by atoms with Crippen LogP contribution in [-0.4, -0.2) is 17.0 Å². The summed E-state index contributed by atoms with van der Waals surface area (Å²) in [5.41, 5.74) is 0. The van der Waals surface area contributed by atoms with Gasteiger partial charge in [0.1, 0.15) is 0 Å².